The van der Waals surface area contributed by atoms with Crippen molar-refractivity contribution in [2.75, 3.05) is 21.3 Å². The van der Waals surface area contributed by atoms with E-state index in [2.05, 4.69) is 33.8 Å². The number of carboxylic acid groups (broad SMARTS) is 1. The van der Waals surface area contributed by atoms with Crippen molar-refractivity contribution in [3.8, 4) is 17.2 Å². The zero-order valence-corrected chi connectivity index (χ0v) is 18.2. The summed E-state index contributed by atoms with van der Waals surface area (Å²) < 4.78 is 17.1. The van der Waals surface area contributed by atoms with Crippen molar-refractivity contribution in [3.05, 3.63) is 28.8 Å². The van der Waals surface area contributed by atoms with Gasteiger partial charge in [0, 0.05) is 11.1 Å². The van der Waals surface area contributed by atoms with Crippen LogP contribution in [0.4, 0.5) is 0 Å². The summed E-state index contributed by atoms with van der Waals surface area (Å²) in [7, 11) is 4.95. The van der Waals surface area contributed by atoms with Crippen LogP contribution in [0.3, 0.4) is 0 Å². The average molecular weight is 391 g/mol. The third kappa shape index (κ3) is 4.45. The van der Waals surface area contributed by atoms with Crippen LogP contribution in [-0.4, -0.2) is 32.4 Å². The smallest absolute Gasteiger partial charge is 0.303 e. The Kier molecular flexibility index (Phi) is 7.02. The first kappa shape index (κ1) is 22.1. The number of carboxylic acids is 1. The number of ether oxygens (including phenoxy) is 3. The molecule has 1 aromatic carbocycles. The highest BCUT2D eigenvalue weighted by Crippen LogP contribution is 2.48. The van der Waals surface area contributed by atoms with Gasteiger partial charge >= 0.3 is 5.97 Å². The molecule has 5 nitrogen and oxygen atoms in total. The Balaban J connectivity index is 2.55. The van der Waals surface area contributed by atoms with E-state index in [1.54, 1.807) is 21.3 Å². The van der Waals surface area contributed by atoms with Crippen molar-refractivity contribution in [2.45, 2.75) is 59.3 Å². The van der Waals surface area contributed by atoms with E-state index in [1.165, 1.54) is 0 Å². The lowest BCUT2D eigenvalue weighted by atomic mass is 9.66. The van der Waals surface area contributed by atoms with Gasteiger partial charge in [0.25, 0.3) is 0 Å². The molecular formula is C23H34O5. The predicted octanol–water partition coefficient (Wildman–Crippen LogP) is 5.22. The van der Waals surface area contributed by atoms with Crippen molar-refractivity contribution in [2.24, 2.45) is 11.3 Å². The standard InChI is InChI=1S/C23H34O5/c1-14(2)20-18(26-5)12-16(21(27-6)22(20)28-7)11-15-9-8-10-23(3,4)17(15)13-19(24)25/h9,12,14,17H,8,10-11,13H2,1-7H3,(H,24,25)/t17-/m1/s1. The Morgan fingerprint density at radius 3 is 2.32 bits per heavy atom. The molecule has 0 aliphatic heterocycles. The number of carbonyl (C=O) groups is 1. The summed E-state index contributed by atoms with van der Waals surface area (Å²) in [6.45, 7) is 8.50. The normalized spacial score (nSPS) is 18.6. The van der Waals surface area contributed by atoms with Crippen molar-refractivity contribution in [1.29, 1.82) is 0 Å². The van der Waals surface area contributed by atoms with Gasteiger partial charge in [0.2, 0.25) is 0 Å². The van der Waals surface area contributed by atoms with Gasteiger partial charge in [-0.1, -0.05) is 39.3 Å². The average Bonchev–Trinajstić information content (AvgIpc) is 2.62. The molecule has 0 heterocycles. The molecule has 156 valence electrons. The van der Waals surface area contributed by atoms with Crippen LogP contribution in [-0.2, 0) is 11.2 Å². The van der Waals surface area contributed by atoms with Gasteiger partial charge in [-0.25, -0.2) is 0 Å². The van der Waals surface area contributed by atoms with Gasteiger partial charge in [-0.2, -0.15) is 0 Å². The quantitative estimate of drug-likeness (QED) is 0.617. The van der Waals surface area contributed by atoms with Crippen molar-refractivity contribution < 1.29 is 24.1 Å². The molecule has 0 bridgehead atoms. The maximum absolute atomic E-state index is 11.5. The van der Waals surface area contributed by atoms with E-state index in [0.717, 1.165) is 35.3 Å². The number of methoxy groups -OCH3 is 3. The molecule has 2 rings (SSSR count). The highest BCUT2D eigenvalue weighted by Gasteiger charge is 2.36. The van der Waals surface area contributed by atoms with Gasteiger partial charge in [-0.05, 0) is 42.6 Å². The summed E-state index contributed by atoms with van der Waals surface area (Å²) in [5, 5.41) is 9.45. The molecule has 0 fully saturated rings. The zero-order chi connectivity index (χ0) is 21.1. The molecule has 0 unspecified atom stereocenters. The summed E-state index contributed by atoms with van der Waals surface area (Å²) >= 11 is 0. The molecule has 1 atom stereocenters. The van der Waals surface area contributed by atoms with Crippen LogP contribution in [0, 0.1) is 11.3 Å². The predicted molar refractivity (Wildman–Crippen MR) is 111 cm³/mol. The van der Waals surface area contributed by atoms with Crippen LogP contribution < -0.4 is 14.2 Å². The third-order valence-corrected chi connectivity index (χ3v) is 5.88. The van der Waals surface area contributed by atoms with Crippen LogP contribution in [0.15, 0.2) is 17.7 Å². The summed E-state index contributed by atoms with van der Waals surface area (Å²) in [5.41, 5.74) is 3.03. The number of hydrogen-bond donors (Lipinski definition) is 1. The number of benzene rings is 1. The molecule has 1 aliphatic rings. The number of rotatable bonds is 8. The Labute approximate surface area is 168 Å². The molecule has 1 N–H and O–H groups in total. The van der Waals surface area contributed by atoms with Crippen molar-refractivity contribution >= 4 is 5.97 Å². The zero-order valence-electron chi connectivity index (χ0n) is 18.2. The monoisotopic (exact) mass is 390 g/mol. The summed E-state index contributed by atoms with van der Waals surface area (Å²) in [4.78, 5) is 11.5. The van der Waals surface area contributed by atoms with Gasteiger partial charge in [0.1, 0.15) is 5.75 Å². The number of hydrogen-bond acceptors (Lipinski definition) is 4. The van der Waals surface area contributed by atoms with E-state index in [1.807, 2.05) is 6.07 Å². The summed E-state index contributed by atoms with van der Waals surface area (Å²) in [5.74, 6) is 1.60. The molecule has 1 aliphatic carbocycles. The fourth-order valence-electron chi connectivity index (χ4n) is 4.40. The molecular weight excluding hydrogens is 356 g/mol. The summed E-state index contributed by atoms with van der Waals surface area (Å²) in [6.07, 6.45) is 4.91. The van der Waals surface area contributed by atoms with E-state index < -0.39 is 5.97 Å². The van der Waals surface area contributed by atoms with Gasteiger partial charge in [0.05, 0.1) is 27.8 Å². The van der Waals surface area contributed by atoms with Crippen molar-refractivity contribution in [3.63, 3.8) is 0 Å². The summed E-state index contributed by atoms with van der Waals surface area (Å²) in [6, 6.07) is 2.01. The van der Waals surface area contributed by atoms with E-state index in [4.69, 9.17) is 14.2 Å². The Bertz CT molecular complexity index is 746. The number of allylic oxidation sites excluding steroid dienone is 2. The van der Waals surface area contributed by atoms with Crippen LogP contribution >= 0.6 is 0 Å². The largest absolute Gasteiger partial charge is 0.496 e. The van der Waals surface area contributed by atoms with E-state index >= 15 is 0 Å². The maximum Gasteiger partial charge on any atom is 0.303 e. The minimum absolute atomic E-state index is 0.00905. The maximum atomic E-state index is 11.5. The molecule has 0 saturated heterocycles. The van der Waals surface area contributed by atoms with Gasteiger partial charge in [0.15, 0.2) is 11.5 Å². The van der Waals surface area contributed by atoms with Crippen LogP contribution in [0.5, 0.6) is 17.2 Å². The van der Waals surface area contributed by atoms with Crippen LogP contribution in [0.1, 0.15) is 64.0 Å². The fourth-order valence-corrected chi connectivity index (χ4v) is 4.40. The molecule has 0 amide bonds. The lowest BCUT2D eigenvalue weighted by molar-refractivity contribution is -0.138. The van der Waals surface area contributed by atoms with Crippen LogP contribution in [0.25, 0.3) is 0 Å². The molecule has 5 heteroatoms. The first-order valence-corrected chi connectivity index (χ1v) is 9.88. The van der Waals surface area contributed by atoms with Gasteiger partial charge < -0.3 is 19.3 Å². The first-order valence-electron chi connectivity index (χ1n) is 9.88. The molecule has 0 spiro atoms. The Morgan fingerprint density at radius 1 is 1.18 bits per heavy atom. The molecule has 0 radical (unpaired) electrons. The molecule has 0 aromatic heterocycles. The molecule has 0 saturated carbocycles. The minimum Gasteiger partial charge on any atom is -0.496 e. The van der Waals surface area contributed by atoms with E-state index in [-0.39, 0.29) is 23.7 Å². The highest BCUT2D eigenvalue weighted by molar-refractivity contribution is 5.68. The van der Waals surface area contributed by atoms with E-state index in [0.29, 0.717) is 17.9 Å². The SMILES string of the molecule is COc1cc(CC2=CCCC(C)(C)[C@@H]2CC(=O)O)c(OC)c(OC)c1C(C)C. The van der Waals surface area contributed by atoms with Gasteiger partial charge in [-0.3, -0.25) is 4.79 Å². The lowest BCUT2D eigenvalue weighted by Crippen LogP contribution is -2.31. The topological polar surface area (TPSA) is 65.0 Å². The molecule has 28 heavy (non-hydrogen) atoms. The van der Waals surface area contributed by atoms with Crippen molar-refractivity contribution in [1.82, 2.24) is 0 Å². The second kappa shape index (κ2) is 8.89. The molecule has 1 aromatic rings. The Hall–Kier alpha value is -2.17. The third-order valence-electron chi connectivity index (χ3n) is 5.88. The van der Waals surface area contributed by atoms with E-state index in [9.17, 15) is 9.90 Å². The minimum atomic E-state index is -0.761. The second-order valence-corrected chi connectivity index (χ2v) is 8.51. The fraction of sp³-hybridized carbons (Fsp3) is 0.609. The van der Waals surface area contributed by atoms with Gasteiger partial charge in [-0.15, -0.1) is 0 Å². The first-order chi connectivity index (χ1) is 13.2. The highest BCUT2D eigenvalue weighted by atomic mass is 16.5. The second-order valence-electron chi connectivity index (χ2n) is 8.51. The Morgan fingerprint density at radius 2 is 1.82 bits per heavy atom. The number of aliphatic carboxylic acids is 1. The lowest BCUT2D eigenvalue weighted by Gasteiger charge is -2.39. The van der Waals surface area contributed by atoms with Crippen LogP contribution in [0.2, 0.25) is 0 Å².